The molecule has 0 saturated carbocycles. The number of benzene rings is 2. The van der Waals surface area contributed by atoms with Gasteiger partial charge in [-0.15, -0.1) is 0 Å². The number of ether oxygens (including phenoxy) is 1. The summed E-state index contributed by atoms with van der Waals surface area (Å²) in [4.78, 5) is 12.2. The lowest BCUT2D eigenvalue weighted by Crippen LogP contribution is -2.34. The van der Waals surface area contributed by atoms with Crippen LogP contribution in [-0.4, -0.2) is 10.9 Å². The third-order valence-electron chi connectivity index (χ3n) is 3.13. The second-order valence-corrected chi connectivity index (χ2v) is 5.09. The van der Waals surface area contributed by atoms with Crippen molar-refractivity contribution in [2.75, 3.05) is 0 Å². The predicted octanol–water partition coefficient (Wildman–Crippen LogP) is 3.45. The highest BCUT2D eigenvalue weighted by Crippen LogP contribution is 2.43. The maximum Gasteiger partial charge on any atom is 0.215 e. The van der Waals surface area contributed by atoms with Gasteiger partial charge in [0.2, 0.25) is 5.06 Å². The van der Waals surface area contributed by atoms with Gasteiger partial charge in [-0.3, -0.25) is 4.79 Å². The van der Waals surface area contributed by atoms with E-state index in [4.69, 9.17) is 16.3 Å². The summed E-state index contributed by atoms with van der Waals surface area (Å²) in [6.07, 6.45) is 0.0367. The van der Waals surface area contributed by atoms with Gasteiger partial charge >= 0.3 is 0 Å². The minimum atomic E-state index is -1.18. The van der Waals surface area contributed by atoms with E-state index in [2.05, 4.69) is 0 Å². The van der Waals surface area contributed by atoms with Crippen LogP contribution in [0.3, 0.4) is 0 Å². The predicted molar refractivity (Wildman–Crippen MR) is 71.7 cm³/mol. The third-order valence-corrected chi connectivity index (χ3v) is 3.56. The van der Waals surface area contributed by atoms with Crippen molar-refractivity contribution in [3.05, 3.63) is 59.7 Å². The number of phenolic OH excluding ortho intramolecular Hbond substituents is 1. The highest BCUT2D eigenvalue weighted by Gasteiger charge is 2.40. The fourth-order valence-electron chi connectivity index (χ4n) is 2.19. The number of alkyl halides is 1. The molecule has 0 aromatic heterocycles. The number of hydrogen-bond donors (Lipinski definition) is 1. The van der Waals surface area contributed by atoms with Gasteiger partial charge in [0.25, 0.3) is 0 Å². The number of ketones is 1. The van der Waals surface area contributed by atoms with Crippen molar-refractivity contribution >= 4 is 17.4 Å². The Hall–Kier alpha value is -2.00. The molecule has 0 bridgehead atoms. The summed E-state index contributed by atoms with van der Waals surface area (Å²) in [7, 11) is 0. The first-order valence-electron chi connectivity index (χ1n) is 5.88. The average molecular weight is 275 g/mol. The molecule has 1 atom stereocenters. The fourth-order valence-corrected chi connectivity index (χ4v) is 2.52. The van der Waals surface area contributed by atoms with Crippen molar-refractivity contribution < 1.29 is 14.6 Å². The summed E-state index contributed by atoms with van der Waals surface area (Å²) in [6.45, 7) is 0. The number of hydrogen-bond acceptors (Lipinski definition) is 3. The molecule has 0 spiro atoms. The first-order chi connectivity index (χ1) is 9.08. The molecule has 1 aliphatic heterocycles. The summed E-state index contributed by atoms with van der Waals surface area (Å²) in [6, 6.07) is 13.7. The maximum absolute atomic E-state index is 12.2. The summed E-state index contributed by atoms with van der Waals surface area (Å²) < 4.78 is 5.76. The summed E-state index contributed by atoms with van der Waals surface area (Å²) in [5.74, 6) is 0.293. The highest BCUT2D eigenvalue weighted by molar-refractivity contribution is 6.25. The minimum absolute atomic E-state index is 0.0367. The maximum atomic E-state index is 12.2. The Morgan fingerprint density at radius 1 is 1.16 bits per heavy atom. The number of rotatable bonds is 1. The molecule has 1 heterocycles. The Bertz CT molecular complexity index is 639. The Balaban J connectivity index is 2.06. The Morgan fingerprint density at radius 2 is 1.89 bits per heavy atom. The molecule has 2 aromatic rings. The van der Waals surface area contributed by atoms with Gasteiger partial charge in [0, 0.05) is 5.56 Å². The minimum Gasteiger partial charge on any atom is -0.508 e. The number of Topliss-reactive ketones (excluding diaryl/α,β-unsaturated/α-hetero) is 1. The monoisotopic (exact) mass is 274 g/mol. The van der Waals surface area contributed by atoms with E-state index in [0.717, 1.165) is 5.56 Å². The van der Waals surface area contributed by atoms with Crippen molar-refractivity contribution in [3.8, 4) is 11.5 Å². The lowest BCUT2D eigenvalue weighted by molar-refractivity contribution is 0.0766. The van der Waals surface area contributed by atoms with Crippen LogP contribution in [0.5, 0.6) is 11.5 Å². The van der Waals surface area contributed by atoms with Crippen LogP contribution >= 0.6 is 11.6 Å². The van der Waals surface area contributed by atoms with E-state index in [0.29, 0.717) is 11.3 Å². The molecule has 19 heavy (non-hydrogen) atoms. The molecule has 1 aliphatic rings. The van der Waals surface area contributed by atoms with E-state index >= 15 is 0 Å². The van der Waals surface area contributed by atoms with E-state index < -0.39 is 5.06 Å². The van der Waals surface area contributed by atoms with Crippen LogP contribution < -0.4 is 4.74 Å². The van der Waals surface area contributed by atoms with Gasteiger partial charge in [-0.25, -0.2) is 0 Å². The van der Waals surface area contributed by atoms with E-state index in [1.165, 1.54) is 12.1 Å². The van der Waals surface area contributed by atoms with Crippen molar-refractivity contribution in [3.63, 3.8) is 0 Å². The van der Waals surface area contributed by atoms with Gasteiger partial charge in [0.15, 0.2) is 5.78 Å². The standard InChI is InChI=1S/C15H11ClO3/c16-15(10-4-2-1-3-5-10)9-13(18)12-8-11(17)6-7-14(12)19-15/h1-8,17H,9H2. The molecular formula is C15H11ClO3. The summed E-state index contributed by atoms with van der Waals surface area (Å²) >= 11 is 6.46. The molecule has 1 unspecified atom stereocenters. The average Bonchev–Trinajstić information content (AvgIpc) is 2.41. The van der Waals surface area contributed by atoms with Gasteiger partial charge in [-0.05, 0) is 18.2 Å². The molecule has 0 fully saturated rings. The molecule has 96 valence electrons. The lowest BCUT2D eigenvalue weighted by atomic mass is 9.95. The van der Waals surface area contributed by atoms with E-state index in [1.54, 1.807) is 6.07 Å². The first-order valence-corrected chi connectivity index (χ1v) is 6.26. The van der Waals surface area contributed by atoms with Gasteiger partial charge in [0.05, 0.1) is 12.0 Å². The van der Waals surface area contributed by atoms with E-state index in [9.17, 15) is 9.90 Å². The van der Waals surface area contributed by atoms with Crippen LogP contribution in [-0.2, 0) is 5.06 Å². The third kappa shape index (κ3) is 2.06. The second kappa shape index (κ2) is 4.28. The zero-order valence-corrected chi connectivity index (χ0v) is 10.7. The van der Waals surface area contributed by atoms with Crippen LogP contribution in [0, 0.1) is 0 Å². The Kier molecular flexibility index (Phi) is 2.72. The number of aromatic hydroxyl groups is 1. The number of fused-ring (bicyclic) bond motifs is 1. The number of halogens is 1. The molecule has 1 N–H and O–H groups in total. The number of carbonyl (C=O) groups is 1. The normalized spacial score (nSPS) is 21.6. The molecule has 0 radical (unpaired) electrons. The van der Waals surface area contributed by atoms with E-state index in [-0.39, 0.29) is 18.0 Å². The quantitative estimate of drug-likeness (QED) is 0.810. The van der Waals surface area contributed by atoms with Gasteiger partial charge in [-0.1, -0.05) is 41.9 Å². The Morgan fingerprint density at radius 3 is 2.63 bits per heavy atom. The van der Waals surface area contributed by atoms with Crippen molar-refractivity contribution in [2.45, 2.75) is 11.5 Å². The van der Waals surface area contributed by atoms with Crippen LogP contribution in [0.2, 0.25) is 0 Å². The second-order valence-electron chi connectivity index (χ2n) is 4.48. The van der Waals surface area contributed by atoms with Crippen LogP contribution in [0.4, 0.5) is 0 Å². The van der Waals surface area contributed by atoms with Crippen molar-refractivity contribution in [2.24, 2.45) is 0 Å². The largest absolute Gasteiger partial charge is 0.508 e. The lowest BCUT2D eigenvalue weighted by Gasteiger charge is -2.33. The molecule has 3 rings (SSSR count). The van der Waals surface area contributed by atoms with Crippen molar-refractivity contribution in [1.82, 2.24) is 0 Å². The fraction of sp³-hybridized carbons (Fsp3) is 0.133. The number of carbonyl (C=O) groups excluding carboxylic acids is 1. The molecule has 0 saturated heterocycles. The summed E-state index contributed by atoms with van der Waals surface area (Å²) in [5.41, 5.74) is 1.11. The van der Waals surface area contributed by atoms with E-state index in [1.807, 2.05) is 30.3 Å². The molecule has 0 amide bonds. The molecule has 0 aliphatic carbocycles. The summed E-state index contributed by atoms with van der Waals surface area (Å²) in [5, 5.41) is 8.23. The van der Waals surface area contributed by atoms with Crippen LogP contribution in [0.15, 0.2) is 48.5 Å². The smallest absolute Gasteiger partial charge is 0.215 e. The number of phenols is 1. The highest BCUT2D eigenvalue weighted by atomic mass is 35.5. The molecule has 4 heteroatoms. The first kappa shape index (κ1) is 12.1. The SMILES string of the molecule is O=C1CC(Cl)(c2ccccc2)Oc2ccc(O)cc21. The van der Waals surface area contributed by atoms with Crippen molar-refractivity contribution in [1.29, 1.82) is 0 Å². The zero-order valence-electron chi connectivity index (χ0n) is 9.97. The Labute approximate surface area is 115 Å². The zero-order chi connectivity index (χ0) is 13.5. The van der Waals surface area contributed by atoms with Gasteiger partial charge in [0.1, 0.15) is 11.5 Å². The van der Waals surface area contributed by atoms with Gasteiger partial charge < -0.3 is 9.84 Å². The molecule has 3 nitrogen and oxygen atoms in total. The van der Waals surface area contributed by atoms with Gasteiger partial charge in [-0.2, -0.15) is 0 Å². The topological polar surface area (TPSA) is 46.5 Å². The van der Waals surface area contributed by atoms with Crippen LogP contribution in [0.25, 0.3) is 0 Å². The molecular weight excluding hydrogens is 264 g/mol. The molecule has 2 aromatic carbocycles. The van der Waals surface area contributed by atoms with Crippen LogP contribution in [0.1, 0.15) is 22.3 Å².